The number of nitrogens with zero attached hydrogens (tertiary/aromatic N) is 2. The van der Waals surface area contributed by atoms with Gasteiger partial charge in [0.2, 0.25) is 5.82 Å². The minimum absolute atomic E-state index is 0.0780. The van der Waals surface area contributed by atoms with Crippen LogP contribution in [0.25, 0.3) is 0 Å². The van der Waals surface area contributed by atoms with Crippen molar-refractivity contribution >= 4 is 11.5 Å². The zero-order valence-electron chi connectivity index (χ0n) is 10.5. The van der Waals surface area contributed by atoms with Crippen molar-refractivity contribution in [1.82, 2.24) is 4.98 Å². The molecule has 0 unspecified atom stereocenters. The second-order valence-corrected chi connectivity index (χ2v) is 3.97. The van der Waals surface area contributed by atoms with Crippen molar-refractivity contribution in [2.24, 2.45) is 5.84 Å². The first-order valence-corrected chi connectivity index (χ1v) is 5.69. The van der Waals surface area contributed by atoms with Crippen molar-refractivity contribution in [2.45, 2.75) is 6.61 Å². The molecule has 21 heavy (non-hydrogen) atoms. The van der Waals surface area contributed by atoms with Gasteiger partial charge >= 0.3 is 5.69 Å². The maximum absolute atomic E-state index is 13.6. The van der Waals surface area contributed by atoms with Crippen molar-refractivity contribution in [2.75, 3.05) is 5.43 Å². The summed E-state index contributed by atoms with van der Waals surface area (Å²) in [6.07, 6.45) is 1.46. The summed E-state index contributed by atoms with van der Waals surface area (Å²) in [6, 6.07) is 4.26. The highest BCUT2D eigenvalue weighted by Crippen LogP contribution is 2.27. The predicted octanol–water partition coefficient (Wildman–Crippen LogP) is 2.13. The summed E-state index contributed by atoms with van der Waals surface area (Å²) < 4.78 is 32.1. The molecule has 1 aromatic carbocycles. The number of pyridine rings is 1. The van der Waals surface area contributed by atoms with Gasteiger partial charge in [0.1, 0.15) is 12.4 Å². The van der Waals surface area contributed by atoms with E-state index in [-0.39, 0.29) is 6.61 Å². The molecule has 2 rings (SSSR count). The summed E-state index contributed by atoms with van der Waals surface area (Å²) in [7, 11) is 0. The lowest BCUT2D eigenvalue weighted by Crippen LogP contribution is -2.09. The van der Waals surface area contributed by atoms with E-state index in [4.69, 9.17) is 10.6 Å². The van der Waals surface area contributed by atoms with E-state index in [1.807, 2.05) is 0 Å². The fraction of sp³-hybridized carbons (Fsp3) is 0.0833. The predicted molar refractivity (Wildman–Crippen MR) is 69.4 cm³/mol. The SMILES string of the molecule is NNc1cc(COc2cc(F)c([N+](=O)[O-])cc2F)ccn1. The van der Waals surface area contributed by atoms with E-state index in [1.54, 1.807) is 12.1 Å². The lowest BCUT2D eigenvalue weighted by atomic mass is 10.2. The normalized spacial score (nSPS) is 10.2. The van der Waals surface area contributed by atoms with Gasteiger partial charge in [-0.15, -0.1) is 0 Å². The second-order valence-electron chi connectivity index (χ2n) is 3.97. The fourth-order valence-electron chi connectivity index (χ4n) is 1.57. The quantitative estimate of drug-likeness (QED) is 0.497. The van der Waals surface area contributed by atoms with Crippen molar-refractivity contribution in [3.05, 3.63) is 57.8 Å². The van der Waals surface area contributed by atoms with E-state index in [2.05, 4.69) is 10.4 Å². The van der Waals surface area contributed by atoms with E-state index in [1.165, 1.54) is 6.20 Å². The van der Waals surface area contributed by atoms with Gasteiger partial charge in [-0.2, -0.15) is 4.39 Å². The van der Waals surface area contributed by atoms with Gasteiger partial charge in [0.05, 0.1) is 11.0 Å². The molecule has 1 aromatic heterocycles. The first-order valence-electron chi connectivity index (χ1n) is 5.69. The number of nitro benzene ring substituents is 1. The van der Waals surface area contributed by atoms with Gasteiger partial charge in [0.25, 0.3) is 0 Å². The average molecular weight is 296 g/mol. The van der Waals surface area contributed by atoms with Crippen LogP contribution in [0, 0.1) is 21.7 Å². The minimum atomic E-state index is -1.17. The molecule has 0 aliphatic heterocycles. The lowest BCUT2D eigenvalue weighted by Gasteiger charge is -2.08. The topological polar surface area (TPSA) is 103 Å². The number of nitrogens with one attached hydrogen (secondary N) is 1. The Balaban J connectivity index is 2.16. The molecular formula is C12H10F2N4O3. The van der Waals surface area contributed by atoms with Crippen molar-refractivity contribution < 1.29 is 18.4 Å². The highest BCUT2D eigenvalue weighted by molar-refractivity contribution is 5.40. The molecule has 0 spiro atoms. The number of hydrogen-bond acceptors (Lipinski definition) is 6. The third-order valence-corrected chi connectivity index (χ3v) is 2.56. The van der Waals surface area contributed by atoms with Crippen LogP contribution in [0.3, 0.4) is 0 Å². The molecule has 0 atom stereocenters. The number of halogens is 2. The fourth-order valence-corrected chi connectivity index (χ4v) is 1.57. The van der Waals surface area contributed by atoms with Gasteiger partial charge in [-0.3, -0.25) is 10.1 Å². The number of anilines is 1. The monoisotopic (exact) mass is 296 g/mol. The van der Waals surface area contributed by atoms with Crippen LogP contribution in [0.2, 0.25) is 0 Å². The summed E-state index contributed by atoms with van der Waals surface area (Å²) in [5.74, 6) is 2.96. The summed E-state index contributed by atoms with van der Waals surface area (Å²) in [5, 5.41) is 10.5. The summed E-state index contributed by atoms with van der Waals surface area (Å²) in [6.45, 7) is -0.0780. The molecule has 3 N–H and O–H groups in total. The van der Waals surface area contributed by atoms with E-state index >= 15 is 0 Å². The number of ether oxygens (including phenoxy) is 1. The third-order valence-electron chi connectivity index (χ3n) is 2.56. The number of benzene rings is 1. The standard InChI is InChI=1S/C12H10F2N4O3/c13-8-5-11(9(14)4-10(8)18(19)20)21-6-7-1-2-16-12(3-7)17-15/h1-5H,6,15H2,(H,16,17). The molecular weight excluding hydrogens is 286 g/mol. The largest absolute Gasteiger partial charge is 0.486 e. The molecule has 0 saturated carbocycles. The molecule has 0 aliphatic rings. The Morgan fingerprint density at radius 1 is 1.33 bits per heavy atom. The Kier molecular flexibility index (Phi) is 4.24. The van der Waals surface area contributed by atoms with Crippen molar-refractivity contribution in [3.63, 3.8) is 0 Å². The molecule has 0 radical (unpaired) electrons. The molecule has 0 saturated heterocycles. The number of hydrazine groups is 1. The number of rotatable bonds is 5. The molecule has 0 aliphatic carbocycles. The molecule has 7 nitrogen and oxygen atoms in total. The van der Waals surface area contributed by atoms with Crippen LogP contribution in [0.5, 0.6) is 5.75 Å². The molecule has 9 heteroatoms. The van der Waals surface area contributed by atoms with Gasteiger partial charge in [-0.25, -0.2) is 15.2 Å². The number of nitrogen functional groups attached to an aromatic ring is 1. The van der Waals surface area contributed by atoms with E-state index in [0.29, 0.717) is 23.5 Å². The molecule has 1 heterocycles. The first-order chi connectivity index (χ1) is 10.0. The highest BCUT2D eigenvalue weighted by atomic mass is 19.1. The second kappa shape index (κ2) is 6.09. The van der Waals surface area contributed by atoms with Gasteiger partial charge in [-0.05, 0) is 17.7 Å². The lowest BCUT2D eigenvalue weighted by molar-refractivity contribution is -0.387. The average Bonchev–Trinajstić information content (AvgIpc) is 2.47. The smallest absolute Gasteiger partial charge is 0.307 e. The molecule has 2 aromatic rings. The van der Waals surface area contributed by atoms with Gasteiger partial charge in [0.15, 0.2) is 11.6 Å². The Morgan fingerprint density at radius 2 is 2.10 bits per heavy atom. The number of nitro groups is 1. The maximum Gasteiger partial charge on any atom is 0.307 e. The number of hydrogen-bond donors (Lipinski definition) is 2. The zero-order chi connectivity index (χ0) is 15.4. The zero-order valence-corrected chi connectivity index (χ0v) is 10.5. The van der Waals surface area contributed by atoms with E-state index < -0.39 is 28.0 Å². The summed E-state index contributed by atoms with van der Waals surface area (Å²) in [4.78, 5) is 13.3. The van der Waals surface area contributed by atoms with Crippen LogP contribution in [0.15, 0.2) is 30.5 Å². The first kappa shape index (κ1) is 14.6. The molecule has 0 fully saturated rings. The summed E-state index contributed by atoms with van der Waals surface area (Å²) in [5.41, 5.74) is 1.99. The van der Waals surface area contributed by atoms with Crippen molar-refractivity contribution in [3.8, 4) is 5.75 Å². The summed E-state index contributed by atoms with van der Waals surface area (Å²) >= 11 is 0. The van der Waals surface area contributed by atoms with Crippen molar-refractivity contribution in [1.29, 1.82) is 0 Å². The molecule has 0 amide bonds. The minimum Gasteiger partial charge on any atom is -0.486 e. The highest BCUT2D eigenvalue weighted by Gasteiger charge is 2.19. The Bertz CT molecular complexity index is 682. The molecule has 110 valence electrons. The Labute approximate surface area is 117 Å². The van der Waals surface area contributed by atoms with Crippen LogP contribution in [-0.4, -0.2) is 9.91 Å². The van der Waals surface area contributed by atoms with Crippen LogP contribution < -0.4 is 16.0 Å². The molecule has 0 bridgehead atoms. The maximum atomic E-state index is 13.6. The van der Waals surface area contributed by atoms with Gasteiger partial charge < -0.3 is 10.2 Å². The number of nitrogens with two attached hydrogens (primary N) is 1. The third kappa shape index (κ3) is 3.39. The van der Waals surface area contributed by atoms with E-state index in [9.17, 15) is 18.9 Å². The Hall–Kier alpha value is -2.81. The van der Waals surface area contributed by atoms with Crippen LogP contribution in [0.1, 0.15) is 5.56 Å². The van der Waals surface area contributed by atoms with Crippen LogP contribution in [0.4, 0.5) is 20.3 Å². The van der Waals surface area contributed by atoms with Gasteiger partial charge in [0, 0.05) is 12.3 Å². The van der Waals surface area contributed by atoms with Gasteiger partial charge in [-0.1, -0.05) is 0 Å². The Morgan fingerprint density at radius 3 is 2.76 bits per heavy atom. The van der Waals surface area contributed by atoms with Crippen LogP contribution >= 0.6 is 0 Å². The van der Waals surface area contributed by atoms with Crippen LogP contribution in [-0.2, 0) is 6.61 Å². The van der Waals surface area contributed by atoms with E-state index in [0.717, 1.165) is 0 Å². The number of aromatic nitrogens is 1.